The highest BCUT2D eigenvalue weighted by Gasteiger charge is 2.39. The summed E-state index contributed by atoms with van der Waals surface area (Å²) in [5.74, 6) is -0.690. The Hall–Kier alpha value is -2.55. The van der Waals surface area contributed by atoms with Crippen molar-refractivity contribution in [2.24, 2.45) is 0 Å². The number of terminal acetylenes is 1. The van der Waals surface area contributed by atoms with Crippen LogP contribution >= 0.6 is 23.2 Å². The van der Waals surface area contributed by atoms with Gasteiger partial charge < -0.3 is 4.74 Å². The zero-order chi connectivity index (χ0) is 22.7. The number of halogens is 5. The van der Waals surface area contributed by atoms with Gasteiger partial charge in [0.2, 0.25) is 10.0 Å². The maximum absolute atomic E-state index is 13.5. The zero-order valence-electron chi connectivity index (χ0n) is 15.1. The minimum absolute atomic E-state index is 0.469. The number of carbonyl (C=O) groups excluding carboxylic acids is 1. The molecule has 0 radical (unpaired) electrons. The smallest absolute Gasteiger partial charge is 0.418 e. The van der Waals surface area contributed by atoms with Gasteiger partial charge in [-0.15, -0.1) is 6.42 Å². The van der Waals surface area contributed by atoms with Gasteiger partial charge in [-0.1, -0.05) is 29.1 Å². The van der Waals surface area contributed by atoms with E-state index in [2.05, 4.69) is 20.6 Å². The highest BCUT2D eigenvalue weighted by Crippen LogP contribution is 2.41. The predicted molar refractivity (Wildman–Crippen MR) is 104 cm³/mol. The average Bonchev–Trinajstić information content (AvgIpc) is 2.67. The van der Waals surface area contributed by atoms with Crippen LogP contribution in [0.1, 0.15) is 21.6 Å². The molecular formula is C17H12Cl2F3N3O4S. The molecule has 0 aliphatic rings. The molecule has 1 heterocycles. The van der Waals surface area contributed by atoms with E-state index in [0.29, 0.717) is 4.31 Å². The van der Waals surface area contributed by atoms with Crippen LogP contribution in [-0.4, -0.2) is 38.0 Å². The molecule has 13 heteroatoms. The number of hydrogen-bond donors (Lipinski definition) is 0. The maximum atomic E-state index is 13.5. The van der Waals surface area contributed by atoms with Crippen molar-refractivity contribution >= 4 is 45.0 Å². The monoisotopic (exact) mass is 481 g/mol. The number of rotatable bonds is 6. The summed E-state index contributed by atoms with van der Waals surface area (Å²) in [6.45, 7) is -0.648. The van der Waals surface area contributed by atoms with Gasteiger partial charge in [0.1, 0.15) is 0 Å². The summed E-state index contributed by atoms with van der Waals surface area (Å²) in [7, 11) is -3.61. The van der Waals surface area contributed by atoms with Gasteiger partial charge in [0.25, 0.3) is 0 Å². The van der Waals surface area contributed by atoms with E-state index in [1.807, 2.05) is 0 Å². The van der Waals surface area contributed by atoms with Crippen molar-refractivity contribution in [3.05, 3.63) is 51.4 Å². The van der Waals surface area contributed by atoms with Gasteiger partial charge in [-0.2, -0.15) is 13.2 Å². The van der Waals surface area contributed by atoms with Gasteiger partial charge in [-0.3, -0.25) is 0 Å². The van der Waals surface area contributed by atoms with Crippen molar-refractivity contribution < 1.29 is 31.1 Å². The number of nitrogens with zero attached hydrogens (tertiary/aromatic N) is 3. The summed E-state index contributed by atoms with van der Waals surface area (Å²) >= 11 is 11.5. The molecule has 2 rings (SSSR count). The number of anilines is 1. The Labute approximate surface area is 179 Å². The number of esters is 1. The van der Waals surface area contributed by atoms with E-state index in [1.165, 1.54) is 0 Å². The first kappa shape index (κ1) is 23.7. The average molecular weight is 482 g/mol. The molecule has 0 unspecified atom stereocenters. The minimum atomic E-state index is -4.98. The van der Waals surface area contributed by atoms with E-state index < -0.39 is 67.2 Å². The van der Waals surface area contributed by atoms with Gasteiger partial charge in [0.05, 0.1) is 30.0 Å². The lowest BCUT2D eigenvalue weighted by atomic mass is 10.1. The van der Waals surface area contributed by atoms with Crippen molar-refractivity contribution in [2.45, 2.75) is 11.9 Å². The third-order valence-corrected chi connectivity index (χ3v) is 5.98. The fraction of sp³-hybridized carbons (Fsp3) is 0.235. The summed E-state index contributed by atoms with van der Waals surface area (Å²) in [4.78, 5) is 19.4. The second-order valence-electron chi connectivity index (χ2n) is 5.57. The Kier molecular flexibility index (Phi) is 7.18. The van der Waals surface area contributed by atoms with Crippen molar-refractivity contribution in [3.8, 4) is 12.3 Å². The number of ether oxygens (including phenoxy) is 1. The maximum Gasteiger partial charge on any atom is 0.418 e. The summed E-state index contributed by atoms with van der Waals surface area (Å²) in [6.07, 6.45) is 2.42. The predicted octanol–water partition coefficient (Wildman–Crippen LogP) is 3.56. The first-order valence-corrected chi connectivity index (χ1v) is 10.2. The lowest BCUT2D eigenvalue weighted by Gasteiger charge is -2.24. The standard InChI is InChI=1S/C17H12Cl2F3N3O4S/c1-3-8-25(15-14(16(26)29-2)23-6-7-24-15)30(27,28)9-10-11(18)4-5-12(19)13(10)17(20,21)22/h1,4-7H,8-9H2,2H3. The Bertz CT molecular complexity index is 1120. The van der Waals surface area contributed by atoms with Crippen molar-refractivity contribution in [1.29, 1.82) is 0 Å². The number of benzene rings is 1. The van der Waals surface area contributed by atoms with Crippen molar-refractivity contribution in [3.63, 3.8) is 0 Å². The van der Waals surface area contributed by atoms with Crippen LogP contribution < -0.4 is 4.31 Å². The Balaban J connectivity index is 2.65. The topological polar surface area (TPSA) is 89.5 Å². The molecule has 0 bridgehead atoms. The molecule has 30 heavy (non-hydrogen) atoms. The molecule has 1 aromatic carbocycles. The number of sulfonamides is 1. The largest absolute Gasteiger partial charge is 0.464 e. The highest BCUT2D eigenvalue weighted by molar-refractivity contribution is 7.92. The molecule has 0 aliphatic carbocycles. The number of carbonyl (C=O) groups is 1. The SMILES string of the molecule is C#CCN(c1nccnc1C(=O)OC)S(=O)(=O)Cc1c(Cl)ccc(Cl)c1C(F)(F)F. The normalized spacial score (nSPS) is 11.6. The van der Waals surface area contributed by atoms with E-state index in [0.717, 1.165) is 31.6 Å². The van der Waals surface area contributed by atoms with Crippen LogP contribution in [-0.2, 0) is 26.7 Å². The summed E-state index contributed by atoms with van der Waals surface area (Å²) in [5.41, 5.74) is -2.66. The molecule has 0 N–H and O–H groups in total. The van der Waals surface area contributed by atoms with Crippen LogP contribution in [0, 0.1) is 12.3 Å². The van der Waals surface area contributed by atoms with E-state index in [4.69, 9.17) is 29.6 Å². The third kappa shape index (κ3) is 4.95. The van der Waals surface area contributed by atoms with Crippen LogP contribution in [0.25, 0.3) is 0 Å². The van der Waals surface area contributed by atoms with Gasteiger partial charge >= 0.3 is 12.1 Å². The highest BCUT2D eigenvalue weighted by atomic mass is 35.5. The number of aromatic nitrogens is 2. The summed E-state index contributed by atoms with van der Waals surface area (Å²) in [5, 5.41) is -1.20. The van der Waals surface area contributed by atoms with Crippen molar-refractivity contribution in [1.82, 2.24) is 9.97 Å². The van der Waals surface area contributed by atoms with Crippen LogP contribution in [0.3, 0.4) is 0 Å². The lowest BCUT2D eigenvalue weighted by Crippen LogP contribution is -2.35. The van der Waals surface area contributed by atoms with Gasteiger partial charge in [-0.05, 0) is 12.1 Å². The second-order valence-corrected chi connectivity index (χ2v) is 8.28. The molecule has 0 saturated carbocycles. The quantitative estimate of drug-likeness (QED) is 0.462. The van der Waals surface area contributed by atoms with Crippen LogP contribution in [0.4, 0.5) is 19.0 Å². The molecule has 0 aliphatic heterocycles. The third-order valence-electron chi connectivity index (χ3n) is 3.68. The molecule has 0 atom stereocenters. The second kappa shape index (κ2) is 9.07. The lowest BCUT2D eigenvalue weighted by molar-refractivity contribution is -0.138. The van der Waals surface area contributed by atoms with E-state index in [9.17, 15) is 26.4 Å². The van der Waals surface area contributed by atoms with Crippen molar-refractivity contribution in [2.75, 3.05) is 18.0 Å². The molecule has 0 saturated heterocycles. The van der Waals surface area contributed by atoms with Crippen LogP contribution in [0.5, 0.6) is 0 Å². The van der Waals surface area contributed by atoms with E-state index in [-0.39, 0.29) is 0 Å². The van der Waals surface area contributed by atoms with Crippen LogP contribution in [0.15, 0.2) is 24.5 Å². The number of alkyl halides is 3. The zero-order valence-corrected chi connectivity index (χ0v) is 17.4. The summed E-state index contributed by atoms with van der Waals surface area (Å²) in [6, 6.07) is 1.94. The van der Waals surface area contributed by atoms with Gasteiger partial charge in [-0.25, -0.2) is 27.5 Å². The van der Waals surface area contributed by atoms with Gasteiger partial charge in [0, 0.05) is 23.0 Å². The molecular weight excluding hydrogens is 470 g/mol. The Morgan fingerprint density at radius 1 is 1.23 bits per heavy atom. The van der Waals surface area contributed by atoms with Gasteiger partial charge in [0.15, 0.2) is 11.5 Å². The van der Waals surface area contributed by atoms with Crippen LogP contribution in [0.2, 0.25) is 10.0 Å². The fourth-order valence-electron chi connectivity index (χ4n) is 2.44. The molecule has 0 amide bonds. The number of hydrogen-bond acceptors (Lipinski definition) is 6. The molecule has 2 aromatic rings. The molecule has 0 spiro atoms. The Morgan fingerprint density at radius 2 is 1.83 bits per heavy atom. The first-order valence-electron chi connectivity index (χ1n) is 7.81. The fourth-order valence-corrected chi connectivity index (χ4v) is 4.52. The first-order chi connectivity index (χ1) is 13.9. The minimum Gasteiger partial charge on any atom is -0.464 e. The molecule has 160 valence electrons. The Morgan fingerprint density at radius 3 is 2.40 bits per heavy atom. The molecule has 7 nitrogen and oxygen atoms in total. The molecule has 1 aromatic heterocycles. The van der Waals surface area contributed by atoms with E-state index >= 15 is 0 Å². The summed E-state index contributed by atoms with van der Waals surface area (Å²) < 4.78 is 71.5. The number of methoxy groups -OCH3 is 1. The molecule has 0 fully saturated rings. The van der Waals surface area contributed by atoms with E-state index in [1.54, 1.807) is 0 Å².